The smallest absolute Gasteiger partial charge is 0.453 e. The SMILES string of the molecule is CC1(c2ccc(O)cc2)COc2cc(O)ccc2C1c1ccc(OCC(O)COCCSCCCC(F)(F)C(F)(F)F)cc1. The van der Waals surface area contributed by atoms with Crippen molar-refractivity contribution in [3.8, 4) is 23.0 Å². The lowest BCUT2D eigenvalue weighted by Gasteiger charge is -2.43. The molecule has 3 aromatic carbocycles. The van der Waals surface area contributed by atoms with Crippen molar-refractivity contribution in [1.82, 2.24) is 0 Å². The van der Waals surface area contributed by atoms with E-state index in [1.807, 2.05) is 30.3 Å². The second-order valence-electron chi connectivity index (χ2n) is 10.9. The number of halogens is 5. The minimum Gasteiger partial charge on any atom is -0.508 e. The highest BCUT2D eigenvalue weighted by Gasteiger charge is 2.56. The Morgan fingerprint density at radius 2 is 1.61 bits per heavy atom. The summed E-state index contributed by atoms with van der Waals surface area (Å²) >= 11 is 1.20. The van der Waals surface area contributed by atoms with Crippen molar-refractivity contribution in [2.75, 3.05) is 37.9 Å². The predicted octanol–water partition coefficient (Wildman–Crippen LogP) is 7.05. The lowest BCUT2D eigenvalue weighted by atomic mass is 9.65. The maximum absolute atomic E-state index is 12.9. The van der Waals surface area contributed by atoms with Gasteiger partial charge in [-0.1, -0.05) is 37.3 Å². The van der Waals surface area contributed by atoms with Gasteiger partial charge in [-0.25, -0.2) is 0 Å². The van der Waals surface area contributed by atoms with E-state index in [2.05, 4.69) is 6.92 Å². The molecule has 3 aromatic rings. The van der Waals surface area contributed by atoms with Crippen LogP contribution in [0.15, 0.2) is 66.7 Å². The molecule has 12 heteroatoms. The van der Waals surface area contributed by atoms with Crippen LogP contribution in [0.1, 0.15) is 42.4 Å². The standard InChI is InChI=1S/C32H35F5O6S/c1-30(22-5-7-23(38)8-6-22)20-43-28-17-24(39)9-12-27(28)29(30)21-3-10-26(11-4-21)42-19-25(40)18-41-14-16-44-15-2-13-31(33,34)32(35,36)37/h3-12,17,25,29,38-40H,2,13-16,18-20H2,1H3. The second-order valence-corrected chi connectivity index (χ2v) is 12.2. The molecule has 6 nitrogen and oxygen atoms in total. The number of aromatic hydroxyl groups is 2. The Morgan fingerprint density at radius 3 is 2.30 bits per heavy atom. The minimum atomic E-state index is -5.53. The molecule has 1 heterocycles. The second kappa shape index (κ2) is 14.3. The van der Waals surface area contributed by atoms with E-state index in [0.717, 1.165) is 16.7 Å². The Bertz CT molecular complexity index is 1350. The third kappa shape index (κ3) is 8.28. The molecule has 0 aromatic heterocycles. The first-order valence-corrected chi connectivity index (χ1v) is 15.2. The Labute approximate surface area is 256 Å². The van der Waals surface area contributed by atoms with Crippen LogP contribution in [0.2, 0.25) is 0 Å². The maximum Gasteiger partial charge on any atom is 0.453 e. The van der Waals surface area contributed by atoms with Crippen molar-refractivity contribution in [3.05, 3.63) is 83.4 Å². The summed E-state index contributed by atoms with van der Waals surface area (Å²) in [5, 5.41) is 30.1. The molecule has 0 saturated heterocycles. The molecular weight excluding hydrogens is 607 g/mol. The van der Waals surface area contributed by atoms with Crippen LogP contribution in [0.3, 0.4) is 0 Å². The number of benzene rings is 3. The summed E-state index contributed by atoms with van der Waals surface area (Å²) in [6, 6.07) is 19.6. The van der Waals surface area contributed by atoms with Crippen molar-refractivity contribution in [1.29, 1.82) is 0 Å². The lowest BCUT2D eigenvalue weighted by Crippen LogP contribution is -2.40. The van der Waals surface area contributed by atoms with Gasteiger partial charge in [-0.05, 0) is 53.6 Å². The largest absolute Gasteiger partial charge is 0.508 e. The molecule has 3 N–H and O–H groups in total. The number of aliphatic hydroxyl groups excluding tert-OH is 1. The average Bonchev–Trinajstić information content (AvgIpc) is 2.97. The van der Waals surface area contributed by atoms with Gasteiger partial charge in [0, 0.05) is 35.1 Å². The number of hydrogen-bond donors (Lipinski definition) is 3. The summed E-state index contributed by atoms with van der Waals surface area (Å²) in [4.78, 5) is 0. The van der Waals surface area contributed by atoms with Crippen LogP contribution in [-0.2, 0) is 10.2 Å². The molecule has 3 atom stereocenters. The van der Waals surface area contributed by atoms with E-state index in [1.54, 1.807) is 36.4 Å². The number of thioether (sulfide) groups is 1. The monoisotopic (exact) mass is 642 g/mol. The molecule has 0 fully saturated rings. The molecule has 0 saturated carbocycles. The first kappa shape index (κ1) is 33.7. The van der Waals surface area contributed by atoms with Gasteiger partial charge in [0.25, 0.3) is 0 Å². The molecule has 0 radical (unpaired) electrons. The van der Waals surface area contributed by atoms with E-state index < -0.39 is 30.0 Å². The van der Waals surface area contributed by atoms with Gasteiger partial charge in [-0.15, -0.1) is 0 Å². The highest BCUT2D eigenvalue weighted by Crippen LogP contribution is 2.51. The fourth-order valence-corrected chi connectivity index (χ4v) is 5.94. The molecule has 3 unspecified atom stereocenters. The molecule has 0 aliphatic carbocycles. The van der Waals surface area contributed by atoms with Gasteiger partial charge in [0.1, 0.15) is 35.7 Å². The molecule has 4 rings (SSSR count). The molecule has 1 aliphatic heterocycles. The Morgan fingerprint density at radius 1 is 0.932 bits per heavy atom. The molecule has 0 bridgehead atoms. The number of aliphatic hydroxyl groups is 1. The summed E-state index contributed by atoms with van der Waals surface area (Å²) in [5.41, 5.74) is 2.36. The first-order valence-electron chi connectivity index (χ1n) is 14.1. The summed E-state index contributed by atoms with van der Waals surface area (Å²) in [5.74, 6) is -2.89. The van der Waals surface area contributed by atoms with Gasteiger partial charge in [-0.3, -0.25) is 0 Å². The number of hydrogen-bond acceptors (Lipinski definition) is 7. The van der Waals surface area contributed by atoms with Crippen molar-refractivity contribution < 1.29 is 51.5 Å². The van der Waals surface area contributed by atoms with E-state index in [-0.39, 0.29) is 49.4 Å². The molecular formula is C32H35F5O6S. The van der Waals surface area contributed by atoms with Crippen LogP contribution < -0.4 is 9.47 Å². The number of phenols is 2. The number of phenolic OH excluding ortho intramolecular Hbond substituents is 2. The topological polar surface area (TPSA) is 88.4 Å². The quantitative estimate of drug-likeness (QED) is 0.128. The van der Waals surface area contributed by atoms with Gasteiger partial charge >= 0.3 is 12.1 Å². The maximum atomic E-state index is 12.9. The Balaban J connectivity index is 1.28. The summed E-state index contributed by atoms with van der Waals surface area (Å²) in [6.45, 7) is 2.57. The van der Waals surface area contributed by atoms with E-state index in [1.165, 1.54) is 11.8 Å². The third-order valence-electron chi connectivity index (χ3n) is 7.53. The predicted molar refractivity (Wildman–Crippen MR) is 157 cm³/mol. The van der Waals surface area contributed by atoms with E-state index in [4.69, 9.17) is 14.2 Å². The fourth-order valence-electron chi connectivity index (χ4n) is 5.15. The van der Waals surface area contributed by atoms with Gasteiger partial charge < -0.3 is 29.5 Å². The number of ether oxygens (including phenoxy) is 3. The van der Waals surface area contributed by atoms with Crippen LogP contribution in [0, 0.1) is 0 Å². The van der Waals surface area contributed by atoms with E-state index in [0.29, 0.717) is 23.9 Å². The molecule has 0 spiro atoms. The highest BCUT2D eigenvalue weighted by molar-refractivity contribution is 7.99. The number of fused-ring (bicyclic) bond motifs is 1. The summed E-state index contributed by atoms with van der Waals surface area (Å²) in [6.07, 6.45) is -7.98. The Hall–Kier alpha value is -3.22. The molecule has 44 heavy (non-hydrogen) atoms. The van der Waals surface area contributed by atoms with Crippen molar-refractivity contribution in [3.63, 3.8) is 0 Å². The van der Waals surface area contributed by atoms with Crippen molar-refractivity contribution >= 4 is 11.8 Å². The number of alkyl halides is 5. The normalized spacial score (nSPS) is 19.2. The zero-order valence-electron chi connectivity index (χ0n) is 24.0. The van der Waals surface area contributed by atoms with E-state index >= 15 is 0 Å². The van der Waals surface area contributed by atoms with Crippen molar-refractivity contribution in [2.24, 2.45) is 0 Å². The summed E-state index contributed by atoms with van der Waals surface area (Å²) < 4.78 is 79.5. The van der Waals surface area contributed by atoms with Crippen molar-refractivity contribution in [2.45, 2.75) is 49.3 Å². The van der Waals surface area contributed by atoms with Gasteiger partial charge in [0.2, 0.25) is 0 Å². The van der Waals surface area contributed by atoms with Crippen LogP contribution in [0.5, 0.6) is 23.0 Å². The van der Waals surface area contributed by atoms with Gasteiger partial charge in [-0.2, -0.15) is 33.7 Å². The minimum absolute atomic E-state index is 0.0263. The average molecular weight is 643 g/mol. The summed E-state index contributed by atoms with van der Waals surface area (Å²) in [7, 11) is 0. The lowest BCUT2D eigenvalue weighted by molar-refractivity contribution is -0.284. The number of rotatable bonds is 14. The van der Waals surface area contributed by atoms with Crippen LogP contribution in [0.25, 0.3) is 0 Å². The zero-order valence-corrected chi connectivity index (χ0v) is 24.8. The first-order chi connectivity index (χ1) is 20.8. The molecule has 0 amide bonds. The van der Waals surface area contributed by atoms with Crippen LogP contribution in [-0.4, -0.2) is 71.5 Å². The van der Waals surface area contributed by atoms with Gasteiger partial charge in [0.15, 0.2) is 0 Å². The molecule has 1 aliphatic rings. The molecule has 240 valence electrons. The van der Waals surface area contributed by atoms with Crippen LogP contribution >= 0.6 is 11.8 Å². The van der Waals surface area contributed by atoms with E-state index in [9.17, 15) is 37.3 Å². The van der Waals surface area contributed by atoms with Crippen LogP contribution in [0.4, 0.5) is 22.0 Å². The third-order valence-corrected chi connectivity index (χ3v) is 8.56. The fraction of sp³-hybridized carbons (Fsp3) is 0.438. The van der Waals surface area contributed by atoms with Gasteiger partial charge in [0.05, 0.1) is 19.8 Å². The Kier molecular flexibility index (Phi) is 10.9. The highest BCUT2D eigenvalue weighted by atomic mass is 32.2. The zero-order chi connectivity index (χ0) is 32.0.